The number of aryl methyl sites for hydroxylation is 1. The van der Waals surface area contributed by atoms with E-state index in [2.05, 4.69) is 5.32 Å². The number of fused-ring (bicyclic) bond motifs is 1. The van der Waals surface area contributed by atoms with E-state index in [1.54, 1.807) is 42.5 Å². The van der Waals surface area contributed by atoms with Crippen LogP contribution in [0.2, 0.25) is 0 Å². The van der Waals surface area contributed by atoms with Crippen LogP contribution in [0.15, 0.2) is 66.7 Å². The molecule has 0 radical (unpaired) electrons. The number of methoxy groups -OCH3 is 1. The van der Waals surface area contributed by atoms with E-state index in [0.29, 0.717) is 34.2 Å². The van der Waals surface area contributed by atoms with Gasteiger partial charge in [0.2, 0.25) is 6.79 Å². The lowest BCUT2D eigenvalue weighted by Crippen LogP contribution is -2.20. The zero-order chi connectivity index (χ0) is 23.2. The molecule has 7 heteroatoms. The molecule has 0 aromatic heterocycles. The number of anilines is 1. The molecule has 3 aromatic carbocycles. The number of hydrogen-bond acceptors (Lipinski definition) is 6. The summed E-state index contributed by atoms with van der Waals surface area (Å²) in [6, 6.07) is 17.8. The first kappa shape index (κ1) is 22.0. The van der Waals surface area contributed by atoms with Crippen LogP contribution in [0.5, 0.6) is 23.0 Å². The smallest absolute Gasteiger partial charge is 0.262 e. The largest absolute Gasteiger partial charge is 0.493 e. The molecule has 0 spiro atoms. The second kappa shape index (κ2) is 9.91. The maximum absolute atomic E-state index is 12.5. The average molecular weight is 445 g/mol. The van der Waals surface area contributed by atoms with Crippen molar-refractivity contribution in [3.8, 4) is 23.0 Å². The number of nitrogens with one attached hydrogen (secondary N) is 1. The van der Waals surface area contributed by atoms with Crippen LogP contribution in [0.3, 0.4) is 0 Å². The first-order chi connectivity index (χ1) is 16.0. The fraction of sp³-hybridized carbons (Fsp3) is 0.154. The van der Waals surface area contributed by atoms with Gasteiger partial charge in [0.15, 0.2) is 35.4 Å². The van der Waals surface area contributed by atoms with Crippen molar-refractivity contribution >= 4 is 23.5 Å². The van der Waals surface area contributed by atoms with Gasteiger partial charge in [0, 0.05) is 11.3 Å². The zero-order valence-electron chi connectivity index (χ0n) is 18.3. The molecule has 168 valence electrons. The normalized spacial score (nSPS) is 11.9. The van der Waals surface area contributed by atoms with Crippen LogP contribution >= 0.6 is 0 Å². The van der Waals surface area contributed by atoms with Gasteiger partial charge in [-0.05, 0) is 61.0 Å². The highest BCUT2D eigenvalue weighted by Gasteiger charge is 2.15. The minimum absolute atomic E-state index is 0.157. The number of amides is 1. The topological polar surface area (TPSA) is 83.1 Å². The highest BCUT2D eigenvalue weighted by atomic mass is 16.7. The minimum Gasteiger partial charge on any atom is -0.493 e. The Bertz CT molecular complexity index is 1200. The number of carbonyl (C=O) groups is 2. The van der Waals surface area contributed by atoms with Gasteiger partial charge in [-0.25, -0.2) is 0 Å². The van der Waals surface area contributed by atoms with E-state index in [4.69, 9.17) is 18.9 Å². The van der Waals surface area contributed by atoms with Gasteiger partial charge in [-0.2, -0.15) is 0 Å². The van der Waals surface area contributed by atoms with E-state index in [9.17, 15) is 9.59 Å². The summed E-state index contributed by atoms with van der Waals surface area (Å²) in [5.41, 5.74) is 3.06. The summed E-state index contributed by atoms with van der Waals surface area (Å²) in [4.78, 5) is 24.7. The first-order valence-electron chi connectivity index (χ1n) is 10.3. The quantitative estimate of drug-likeness (QED) is 0.402. The predicted octanol–water partition coefficient (Wildman–Crippen LogP) is 4.65. The number of rotatable bonds is 8. The van der Waals surface area contributed by atoms with Gasteiger partial charge < -0.3 is 24.3 Å². The number of hydrogen-bond donors (Lipinski definition) is 1. The molecule has 0 fully saturated rings. The highest BCUT2D eigenvalue weighted by Crippen LogP contribution is 2.33. The first-order valence-corrected chi connectivity index (χ1v) is 10.3. The Balaban J connectivity index is 1.37. The molecule has 1 heterocycles. The molecular formula is C26H23NO6. The Kier molecular flexibility index (Phi) is 6.59. The molecule has 0 saturated heterocycles. The third-order valence-electron chi connectivity index (χ3n) is 4.97. The second-order valence-electron chi connectivity index (χ2n) is 7.38. The molecule has 0 atom stereocenters. The molecule has 0 bridgehead atoms. The Morgan fingerprint density at radius 2 is 1.76 bits per heavy atom. The molecule has 1 amide bonds. The van der Waals surface area contributed by atoms with Crippen molar-refractivity contribution in [2.75, 3.05) is 25.8 Å². The van der Waals surface area contributed by atoms with Crippen LogP contribution in [0.1, 0.15) is 21.5 Å². The SMILES string of the molecule is COc1cc(/C=C/C(=O)c2ccc3c(c2)OCO3)ccc1OCC(=O)Nc1ccc(C)cc1. The van der Waals surface area contributed by atoms with Gasteiger partial charge in [-0.3, -0.25) is 9.59 Å². The van der Waals surface area contributed by atoms with E-state index in [1.807, 2.05) is 31.2 Å². The lowest BCUT2D eigenvalue weighted by atomic mass is 10.1. The molecule has 0 saturated carbocycles. The third-order valence-corrected chi connectivity index (χ3v) is 4.97. The summed E-state index contributed by atoms with van der Waals surface area (Å²) in [6.45, 7) is 1.97. The van der Waals surface area contributed by atoms with E-state index in [0.717, 1.165) is 11.1 Å². The third kappa shape index (κ3) is 5.51. The van der Waals surface area contributed by atoms with Gasteiger partial charge in [-0.1, -0.05) is 29.8 Å². The molecule has 7 nitrogen and oxygen atoms in total. The fourth-order valence-corrected chi connectivity index (χ4v) is 3.20. The molecule has 1 aliphatic heterocycles. The number of ether oxygens (including phenoxy) is 4. The second-order valence-corrected chi connectivity index (χ2v) is 7.38. The van der Waals surface area contributed by atoms with Crippen LogP contribution in [0.4, 0.5) is 5.69 Å². The highest BCUT2D eigenvalue weighted by molar-refractivity contribution is 6.07. The summed E-state index contributed by atoms with van der Waals surface area (Å²) in [5, 5.41) is 2.78. The molecule has 1 N–H and O–H groups in total. The average Bonchev–Trinajstić information content (AvgIpc) is 3.31. The maximum atomic E-state index is 12.5. The van der Waals surface area contributed by atoms with Gasteiger partial charge in [0.1, 0.15) is 0 Å². The molecule has 0 unspecified atom stereocenters. The van der Waals surface area contributed by atoms with Crippen molar-refractivity contribution in [3.05, 3.63) is 83.4 Å². The van der Waals surface area contributed by atoms with E-state index in [1.165, 1.54) is 13.2 Å². The molecule has 33 heavy (non-hydrogen) atoms. The number of ketones is 1. The van der Waals surface area contributed by atoms with Crippen molar-refractivity contribution < 1.29 is 28.5 Å². The summed E-state index contributed by atoms with van der Waals surface area (Å²) in [6.07, 6.45) is 3.16. The van der Waals surface area contributed by atoms with E-state index in [-0.39, 0.29) is 25.1 Å². The lowest BCUT2D eigenvalue weighted by molar-refractivity contribution is -0.118. The van der Waals surface area contributed by atoms with Gasteiger partial charge >= 0.3 is 0 Å². The molecular weight excluding hydrogens is 422 g/mol. The van der Waals surface area contributed by atoms with Crippen molar-refractivity contribution in [1.29, 1.82) is 0 Å². The Morgan fingerprint density at radius 1 is 0.970 bits per heavy atom. The minimum atomic E-state index is -0.279. The standard InChI is InChI=1S/C26H23NO6/c1-17-3-8-20(9-4-17)27-26(29)15-31-22-11-6-18(13-24(22)30-2)5-10-21(28)19-7-12-23-25(14-19)33-16-32-23/h3-14H,15-16H2,1-2H3,(H,27,29)/b10-5+. The number of benzene rings is 3. The van der Waals surface area contributed by atoms with Crippen molar-refractivity contribution in [2.24, 2.45) is 0 Å². The predicted molar refractivity (Wildman–Crippen MR) is 124 cm³/mol. The Labute approximate surface area is 191 Å². The fourth-order valence-electron chi connectivity index (χ4n) is 3.20. The Hall–Kier alpha value is -4.26. The number of allylic oxidation sites excluding steroid dienone is 1. The summed E-state index contributed by atoms with van der Waals surface area (Å²) in [5.74, 6) is 1.62. The Morgan fingerprint density at radius 3 is 2.55 bits per heavy atom. The van der Waals surface area contributed by atoms with Crippen molar-refractivity contribution in [3.63, 3.8) is 0 Å². The lowest BCUT2D eigenvalue weighted by Gasteiger charge is -2.11. The van der Waals surface area contributed by atoms with Crippen molar-refractivity contribution in [1.82, 2.24) is 0 Å². The molecule has 3 aromatic rings. The van der Waals surface area contributed by atoms with E-state index >= 15 is 0 Å². The molecule has 0 aliphatic carbocycles. The van der Waals surface area contributed by atoms with Crippen LogP contribution in [-0.4, -0.2) is 32.2 Å². The maximum Gasteiger partial charge on any atom is 0.262 e. The molecule has 4 rings (SSSR count). The number of carbonyl (C=O) groups excluding carboxylic acids is 2. The summed E-state index contributed by atoms with van der Waals surface area (Å²) in [7, 11) is 1.51. The zero-order valence-corrected chi connectivity index (χ0v) is 18.3. The van der Waals surface area contributed by atoms with Crippen LogP contribution in [0, 0.1) is 6.92 Å². The van der Waals surface area contributed by atoms with Crippen LogP contribution in [0.25, 0.3) is 6.08 Å². The van der Waals surface area contributed by atoms with E-state index < -0.39 is 0 Å². The monoisotopic (exact) mass is 445 g/mol. The van der Waals surface area contributed by atoms with Crippen LogP contribution in [-0.2, 0) is 4.79 Å². The van der Waals surface area contributed by atoms with Crippen LogP contribution < -0.4 is 24.3 Å². The molecule has 1 aliphatic rings. The van der Waals surface area contributed by atoms with Crippen molar-refractivity contribution in [2.45, 2.75) is 6.92 Å². The summed E-state index contributed by atoms with van der Waals surface area (Å²) < 4.78 is 21.6. The summed E-state index contributed by atoms with van der Waals surface area (Å²) >= 11 is 0. The van der Waals surface area contributed by atoms with Gasteiger partial charge in [0.25, 0.3) is 5.91 Å². The van der Waals surface area contributed by atoms with Gasteiger partial charge in [0.05, 0.1) is 7.11 Å². The van der Waals surface area contributed by atoms with Gasteiger partial charge in [-0.15, -0.1) is 0 Å².